The largest absolute Gasteiger partial charge is 0.394 e. The van der Waals surface area contributed by atoms with E-state index in [-0.39, 0.29) is 13.2 Å². The van der Waals surface area contributed by atoms with Crippen LogP contribution < -0.4 is 0 Å². The number of ether oxygens (including phenoxy) is 2. The molecule has 0 aromatic rings. The highest BCUT2D eigenvalue weighted by atomic mass is 16.5. The average Bonchev–Trinajstić information content (AvgIpc) is 2.13. The zero-order valence-electron chi connectivity index (χ0n) is 7.36. The lowest BCUT2D eigenvalue weighted by atomic mass is 10.7. The average molecular weight is 193 g/mol. The van der Waals surface area contributed by atoms with E-state index in [1.54, 1.807) is 0 Å². The molecule has 0 aliphatic heterocycles. The third-order valence-electron chi connectivity index (χ3n) is 0.843. The topological polar surface area (TPSA) is 99.8 Å². The van der Waals surface area contributed by atoms with Crippen molar-refractivity contribution in [1.82, 2.24) is 0 Å². The lowest BCUT2D eigenvalue weighted by Gasteiger charge is -2.01. The molecular formula is C7H15NO5. The van der Waals surface area contributed by atoms with Crippen molar-refractivity contribution in [3.8, 4) is 0 Å². The maximum atomic E-state index is 8.35. The van der Waals surface area contributed by atoms with E-state index in [4.69, 9.17) is 29.9 Å². The molecule has 0 spiro atoms. The molecule has 0 aliphatic carbocycles. The van der Waals surface area contributed by atoms with Gasteiger partial charge in [-0.05, 0) is 0 Å². The Balaban J connectivity index is 0. The Labute approximate surface area is 76.6 Å². The molecule has 78 valence electrons. The third-order valence-corrected chi connectivity index (χ3v) is 0.843. The van der Waals surface area contributed by atoms with Gasteiger partial charge >= 0.3 is 0 Å². The number of aliphatic hydroxyl groups is 2. The molecule has 0 fully saturated rings. The Bertz CT molecular complexity index is 105. The zero-order chi connectivity index (χ0) is 10.4. The number of aliphatic hydroxyl groups excluding tert-OH is 2. The second-order valence-corrected chi connectivity index (χ2v) is 1.77. The van der Waals surface area contributed by atoms with Crippen molar-refractivity contribution in [2.24, 2.45) is 0 Å². The molecule has 0 rings (SSSR count). The molecule has 6 heteroatoms. The van der Waals surface area contributed by atoms with Crippen LogP contribution in [0.25, 0.3) is 0 Å². The van der Waals surface area contributed by atoms with E-state index in [0.717, 1.165) is 6.08 Å². The van der Waals surface area contributed by atoms with Crippen LogP contribution in [-0.2, 0) is 14.3 Å². The van der Waals surface area contributed by atoms with Gasteiger partial charge in [0.1, 0.15) is 0 Å². The minimum absolute atomic E-state index is 0.0417. The van der Waals surface area contributed by atoms with Gasteiger partial charge in [-0.1, -0.05) is 0 Å². The molecule has 6 nitrogen and oxygen atoms in total. The fourth-order valence-corrected chi connectivity index (χ4v) is 0.451. The molecule has 0 unspecified atom stereocenters. The molecule has 0 saturated carbocycles. The highest BCUT2D eigenvalue weighted by Crippen LogP contribution is 1.76. The third kappa shape index (κ3) is 24.7. The molecule has 0 aliphatic rings. The molecule has 0 heterocycles. The molecule has 0 radical (unpaired) electrons. The van der Waals surface area contributed by atoms with Crippen molar-refractivity contribution < 1.29 is 24.5 Å². The number of rotatable bonds is 7. The summed E-state index contributed by atoms with van der Waals surface area (Å²) in [5, 5.41) is 21.9. The molecule has 0 amide bonds. The summed E-state index contributed by atoms with van der Waals surface area (Å²) in [5.41, 5.74) is 0. The summed E-state index contributed by atoms with van der Waals surface area (Å²) < 4.78 is 9.75. The van der Waals surface area contributed by atoms with Gasteiger partial charge in [0.2, 0.25) is 6.08 Å². The van der Waals surface area contributed by atoms with E-state index in [0.29, 0.717) is 26.4 Å². The first-order valence-electron chi connectivity index (χ1n) is 3.74. The summed E-state index contributed by atoms with van der Waals surface area (Å²) in [6.45, 7) is 1.73. The minimum atomic E-state index is 0.0417. The van der Waals surface area contributed by atoms with Crippen molar-refractivity contribution in [2.45, 2.75) is 0 Å². The molecule has 13 heavy (non-hydrogen) atoms. The Morgan fingerprint density at radius 1 is 1.00 bits per heavy atom. The number of nitrogens with one attached hydrogen (secondary N) is 1. The lowest BCUT2D eigenvalue weighted by Crippen LogP contribution is -2.09. The van der Waals surface area contributed by atoms with Crippen LogP contribution in [0, 0.1) is 5.41 Å². The fourth-order valence-electron chi connectivity index (χ4n) is 0.451. The molecule has 3 N–H and O–H groups in total. The van der Waals surface area contributed by atoms with E-state index in [1.165, 1.54) is 0 Å². The lowest BCUT2D eigenvalue weighted by molar-refractivity contribution is 0.0222. The van der Waals surface area contributed by atoms with Crippen LogP contribution in [0.4, 0.5) is 0 Å². The van der Waals surface area contributed by atoms with E-state index in [2.05, 4.69) is 0 Å². The Morgan fingerprint density at radius 3 is 1.54 bits per heavy atom. The van der Waals surface area contributed by atoms with Crippen LogP contribution >= 0.6 is 0 Å². The van der Waals surface area contributed by atoms with E-state index >= 15 is 0 Å². The molecule has 0 aromatic carbocycles. The Hall–Kier alpha value is -0.780. The molecule has 0 atom stereocenters. The van der Waals surface area contributed by atoms with Crippen LogP contribution in [0.15, 0.2) is 0 Å². The summed E-state index contributed by atoms with van der Waals surface area (Å²) in [7, 11) is 0. The first-order chi connectivity index (χ1) is 6.33. The van der Waals surface area contributed by atoms with Gasteiger partial charge in [-0.3, -0.25) is 0 Å². The summed E-state index contributed by atoms with van der Waals surface area (Å²) in [6, 6.07) is 0. The van der Waals surface area contributed by atoms with Crippen LogP contribution in [0.2, 0.25) is 0 Å². The molecule has 0 saturated heterocycles. The molecular weight excluding hydrogens is 178 g/mol. The van der Waals surface area contributed by atoms with Crippen LogP contribution in [0.1, 0.15) is 0 Å². The van der Waals surface area contributed by atoms with Crippen molar-refractivity contribution in [3.05, 3.63) is 0 Å². The van der Waals surface area contributed by atoms with Crippen molar-refractivity contribution >= 4 is 6.08 Å². The predicted molar refractivity (Wildman–Crippen MR) is 44.2 cm³/mol. The number of hydrogen-bond donors (Lipinski definition) is 3. The normalized spacial score (nSPS) is 8.46. The SMILES string of the molecule is N=C=O.OCCOCCOCCO. The van der Waals surface area contributed by atoms with Gasteiger partial charge in [0, 0.05) is 0 Å². The molecule has 0 bridgehead atoms. The predicted octanol–water partition coefficient (Wildman–Crippen LogP) is -1.09. The summed E-state index contributed by atoms with van der Waals surface area (Å²) in [5.74, 6) is 0. The highest BCUT2D eigenvalue weighted by Gasteiger charge is 1.86. The maximum absolute atomic E-state index is 8.35. The quantitative estimate of drug-likeness (QED) is 0.271. The maximum Gasteiger partial charge on any atom is 0.231 e. The number of hydrogen-bond acceptors (Lipinski definition) is 6. The van der Waals surface area contributed by atoms with Gasteiger partial charge in [0.25, 0.3) is 0 Å². The Kier molecular flexibility index (Phi) is 19.7. The van der Waals surface area contributed by atoms with Gasteiger partial charge in [0.05, 0.1) is 39.6 Å². The standard InChI is InChI=1S/C6H14O4.CHNO/c7-1-3-9-5-6-10-4-2-8;2-1-3/h7-8H,1-6H2;2H. The van der Waals surface area contributed by atoms with Crippen molar-refractivity contribution in [1.29, 1.82) is 5.41 Å². The van der Waals surface area contributed by atoms with Crippen LogP contribution in [0.5, 0.6) is 0 Å². The van der Waals surface area contributed by atoms with E-state index in [1.807, 2.05) is 0 Å². The molecule has 0 aromatic heterocycles. The van der Waals surface area contributed by atoms with Crippen LogP contribution in [0.3, 0.4) is 0 Å². The monoisotopic (exact) mass is 193 g/mol. The zero-order valence-corrected chi connectivity index (χ0v) is 7.36. The van der Waals surface area contributed by atoms with Gasteiger partial charge in [-0.25, -0.2) is 10.2 Å². The summed E-state index contributed by atoms with van der Waals surface area (Å²) in [6.07, 6.45) is 0.750. The number of isocyanates is 1. The Morgan fingerprint density at radius 2 is 1.31 bits per heavy atom. The second-order valence-electron chi connectivity index (χ2n) is 1.77. The van der Waals surface area contributed by atoms with Crippen molar-refractivity contribution in [2.75, 3.05) is 39.6 Å². The first kappa shape index (κ1) is 14.7. The second kappa shape index (κ2) is 17.3. The summed E-state index contributed by atoms with van der Waals surface area (Å²) in [4.78, 5) is 8.35. The minimum Gasteiger partial charge on any atom is -0.394 e. The van der Waals surface area contributed by atoms with Gasteiger partial charge in [0.15, 0.2) is 0 Å². The summed E-state index contributed by atoms with van der Waals surface area (Å²) >= 11 is 0. The fraction of sp³-hybridized carbons (Fsp3) is 0.857. The van der Waals surface area contributed by atoms with Gasteiger partial charge < -0.3 is 19.7 Å². The smallest absolute Gasteiger partial charge is 0.231 e. The van der Waals surface area contributed by atoms with E-state index < -0.39 is 0 Å². The van der Waals surface area contributed by atoms with Crippen molar-refractivity contribution in [3.63, 3.8) is 0 Å². The van der Waals surface area contributed by atoms with Gasteiger partial charge in [-0.15, -0.1) is 0 Å². The first-order valence-corrected chi connectivity index (χ1v) is 3.74. The van der Waals surface area contributed by atoms with Gasteiger partial charge in [-0.2, -0.15) is 0 Å². The van der Waals surface area contributed by atoms with E-state index in [9.17, 15) is 0 Å². The highest BCUT2D eigenvalue weighted by molar-refractivity contribution is 5.26. The number of carbonyl (C=O) groups excluding carboxylic acids is 1. The van der Waals surface area contributed by atoms with Crippen LogP contribution in [-0.4, -0.2) is 55.9 Å².